The fraction of sp³-hybridized carbons (Fsp3) is 0.167. The van der Waals surface area contributed by atoms with Crippen molar-refractivity contribution in [1.82, 2.24) is 39.5 Å². The maximum atomic E-state index is 15.2. The van der Waals surface area contributed by atoms with E-state index in [1.54, 1.807) is 83.7 Å². The molecular weight excluding hydrogens is 1400 g/mol. The van der Waals surface area contributed by atoms with Gasteiger partial charge in [-0.05, 0) is 133 Å². The monoisotopic (exact) mass is 1460 g/mol. The number of hydrogen-bond acceptors (Lipinski definition) is 11. The maximum absolute atomic E-state index is 15.2. The third-order valence-corrected chi connectivity index (χ3v) is 115. The number of rotatable bonds is 17. The quantitative estimate of drug-likeness (QED) is 0.0501. The summed E-state index contributed by atoms with van der Waals surface area (Å²) < 4.78 is 59.3. The lowest BCUT2D eigenvalue weighted by molar-refractivity contribution is -0.136. The van der Waals surface area contributed by atoms with Crippen LogP contribution in [0.5, 0.6) is 0 Å². The van der Waals surface area contributed by atoms with Crippen LogP contribution >= 0.6 is 137 Å². The number of halogens is 4. The molecule has 15 nitrogen and oxygen atoms in total. The van der Waals surface area contributed by atoms with E-state index in [-0.39, 0.29) is 84.7 Å². The maximum Gasteiger partial charge on any atom is 0.307 e. The number of amides is 1. The summed E-state index contributed by atoms with van der Waals surface area (Å²) in [4.78, 5) is 41.8. The first kappa shape index (κ1) is 70.3. The number of nitrogens with zero attached hydrogens (tertiary/aromatic N) is 9. The summed E-state index contributed by atoms with van der Waals surface area (Å²) in [6.07, 6.45) is 7.55. The number of benzene rings is 4. The number of carboxylic acids is 1. The first-order valence-corrected chi connectivity index (χ1v) is 54.9. The number of hydrogen-bond donors (Lipinski definition) is 4. The number of carbonyl (C=O) groups is 2. The highest BCUT2D eigenvalue weighted by Gasteiger charge is 2.37. The van der Waals surface area contributed by atoms with Crippen LogP contribution in [0.3, 0.4) is 0 Å². The van der Waals surface area contributed by atoms with E-state index in [0.717, 1.165) is 43.7 Å². The molecule has 0 radical (unpaired) electrons. The Kier molecular flexibility index (Phi) is 28.7. The van der Waals surface area contributed by atoms with Crippen molar-refractivity contribution in [2.45, 2.75) is 25.7 Å². The number of carboxylic acid groups (broad SMARTS) is 1. The van der Waals surface area contributed by atoms with Crippen LogP contribution in [0, 0.1) is 23.3 Å². The van der Waals surface area contributed by atoms with Gasteiger partial charge in [-0.25, -0.2) is 37.5 Å². The highest BCUT2D eigenvalue weighted by atomic mass is 33.4. The molecule has 6 heterocycles. The molecular formula is C48H61F4N12O3P17. The van der Waals surface area contributed by atoms with Gasteiger partial charge in [-0.1, -0.05) is 44.4 Å². The van der Waals surface area contributed by atoms with E-state index in [4.69, 9.17) is 5.11 Å². The van der Waals surface area contributed by atoms with Crippen LogP contribution < -0.4 is 20.9 Å². The number of aliphatic carboxylic acids is 1. The summed E-state index contributed by atoms with van der Waals surface area (Å²) >= 11 is 0. The van der Waals surface area contributed by atoms with Crippen molar-refractivity contribution >= 4 is 184 Å². The van der Waals surface area contributed by atoms with Gasteiger partial charge in [-0.2, -0.15) is 10.2 Å². The fourth-order valence-corrected chi connectivity index (χ4v) is 197. The molecule has 2 aliphatic rings. The molecule has 12 unspecified atom stereocenters. The summed E-state index contributed by atoms with van der Waals surface area (Å²) in [6.45, 7) is 2.03. The minimum atomic E-state index is -1.02. The molecule has 4 N–H and O–H groups in total. The third-order valence-electron chi connectivity index (χ3n) is 12.1. The summed E-state index contributed by atoms with van der Waals surface area (Å²) in [5.41, 5.74) is 5.64. The van der Waals surface area contributed by atoms with Crippen molar-refractivity contribution < 1.29 is 32.3 Å². The molecule has 0 saturated carbocycles. The lowest BCUT2D eigenvalue weighted by Gasteiger charge is -2.41. The Bertz CT molecular complexity index is 3540. The largest absolute Gasteiger partial charge is 0.481 e. The van der Waals surface area contributed by atoms with Crippen molar-refractivity contribution in [3.63, 3.8) is 0 Å². The van der Waals surface area contributed by atoms with Gasteiger partial charge in [0, 0.05) is 62.8 Å². The molecule has 1 amide bonds. The van der Waals surface area contributed by atoms with Crippen molar-refractivity contribution in [2.24, 2.45) is 14.1 Å². The highest BCUT2D eigenvalue weighted by Crippen LogP contribution is 3.25. The topological polar surface area (TPSA) is 181 Å². The summed E-state index contributed by atoms with van der Waals surface area (Å²) in [5, 5.41) is 25.7. The number of fused-ring (bicyclic) bond motifs is 2. The number of aryl methyl sites for hydroxylation is 2. The van der Waals surface area contributed by atoms with E-state index < -0.39 is 23.4 Å². The van der Waals surface area contributed by atoms with Gasteiger partial charge in [-0.3, -0.25) is 19.0 Å². The van der Waals surface area contributed by atoms with Crippen LogP contribution in [0.15, 0.2) is 122 Å². The molecule has 12 atom stereocenters. The molecule has 4 aromatic heterocycles. The van der Waals surface area contributed by atoms with E-state index in [1.165, 1.54) is 41.3 Å². The second kappa shape index (κ2) is 34.3. The smallest absolute Gasteiger partial charge is 0.307 e. The van der Waals surface area contributed by atoms with Gasteiger partial charge < -0.3 is 26.0 Å². The van der Waals surface area contributed by atoms with E-state index in [0.29, 0.717) is 58.6 Å². The lowest BCUT2D eigenvalue weighted by Crippen LogP contribution is -2.31. The van der Waals surface area contributed by atoms with Crippen molar-refractivity contribution in [1.29, 1.82) is 0 Å². The molecule has 0 aliphatic carbocycles. The first-order chi connectivity index (χ1) is 40.1. The fourth-order valence-electron chi connectivity index (χ4n) is 8.29. The Morgan fingerprint density at radius 3 is 1.58 bits per heavy atom. The van der Waals surface area contributed by atoms with Gasteiger partial charge >= 0.3 is 5.97 Å². The molecule has 84 heavy (non-hydrogen) atoms. The second-order valence-electron chi connectivity index (χ2n) is 17.8. The summed E-state index contributed by atoms with van der Waals surface area (Å²) in [5.74, 6) is -0.705. The number of anilines is 6. The Labute approximate surface area is 515 Å². The van der Waals surface area contributed by atoms with Crippen molar-refractivity contribution in [2.75, 3.05) is 33.9 Å². The standard InChI is InChI=1S/C24H20F2N6O.C16H15FN6.C8H7FO2.H19P17/c1-31-21(7-10-28-31)30-24-27-9-6-20(29-24)17-12-16-8-11-32(23(16)19(26)13-17)22(33)14-15-4-2-3-5-18(15)25;1-23-14(4-7-20-23)22-16-19-6-3-13(21-16)11-8-10-2-5-18-15(10)12(17)9-11;9-7-4-2-1-3-6(7)5-8(10)11;1-10-15(11(2)3)17(14(8)9)16(12(4)5)13(6)7/h2-7,9-10,12-13H,8,11,14H2,1H3,(H,27,29,30);3-4,6-9,18H,2,5H2,1H3,(H,19,21,22);1-4H,5H2,(H,10,11);10H,1-9H2. The number of nitrogens with one attached hydrogen (secondary N) is 3. The summed E-state index contributed by atoms with van der Waals surface area (Å²) in [7, 11) is 32.6. The molecule has 0 fully saturated rings. The Balaban J connectivity index is 0.000000173. The predicted molar refractivity (Wildman–Crippen MR) is 388 cm³/mol. The number of carbonyl (C=O) groups excluding carboxylic acids is 1. The third kappa shape index (κ3) is 19.7. The Morgan fingerprint density at radius 1 is 0.619 bits per heavy atom. The van der Waals surface area contributed by atoms with Crippen molar-refractivity contribution in [3.05, 3.63) is 167 Å². The molecule has 8 aromatic rings. The average molecular weight is 1460 g/mol. The molecule has 0 saturated heterocycles. The van der Waals surface area contributed by atoms with Crippen LogP contribution in [0.4, 0.5) is 52.5 Å². The van der Waals surface area contributed by atoms with Crippen LogP contribution in [-0.4, -0.2) is 69.6 Å². The number of aromatic nitrogens is 8. The zero-order valence-corrected chi connectivity index (χ0v) is 62.6. The SMILES string of the molecule is Cn1nccc1Nc1nccc(-c2cc(F)c3c(c2)CCN3)n1.Cn1nccc1Nc1nccc(-c2cc(F)c3c(c2)CCN3C(=O)Cc2ccccc2F)n1.O=C(O)Cc1ccccc1F.PPP(P(P)P)P(P(P)P)P(P(P)P)P(P)P. The normalized spacial score (nSPS) is 13.2. The molecule has 4 aromatic carbocycles. The van der Waals surface area contributed by atoms with Crippen LogP contribution in [0.1, 0.15) is 22.3 Å². The molecule has 10 rings (SSSR count). The lowest BCUT2D eigenvalue weighted by atomic mass is 10.0. The minimum Gasteiger partial charge on any atom is -0.481 e. The summed E-state index contributed by atoms with van der Waals surface area (Å²) in [6, 6.07) is 25.8. The van der Waals surface area contributed by atoms with Crippen LogP contribution in [0.2, 0.25) is 0 Å². The van der Waals surface area contributed by atoms with Gasteiger partial charge in [0.1, 0.15) is 34.9 Å². The van der Waals surface area contributed by atoms with Gasteiger partial charge in [-0.15, -0.1) is 80.4 Å². The van der Waals surface area contributed by atoms with Crippen LogP contribution in [-0.2, 0) is 49.4 Å². The van der Waals surface area contributed by atoms with E-state index in [2.05, 4.69) is 126 Å². The Morgan fingerprint density at radius 2 is 1.12 bits per heavy atom. The average Bonchev–Trinajstić information content (AvgIpc) is 3.32. The van der Waals surface area contributed by atoms with Gasteiger partial charge in [0.25, 0.3) is 0 Å². The van der Waals surface area contributed by atoms with Gasteiger partial charge in [0.2, 0.25) is 17.8 Å². The van der Waals surface area contributed by atoms with Crippen LogP contribution in [0.25, 0.3) is 22.5 Å². The molecule has 0 spiro atoms. The molecule has 36 heteroatoms. The zero-order chi connectivity index (χ0) is 60.8. The molecule has 444 valence electrons. The second-order valence-corrected chi connectivity index (χ2v) is 82.2. The predicted octanol–water partition coefficient (Wildman–Crippen LogP) is 17.8. The highest BCUT2D eigenvalue weighted by molar-refractivity contribution is 9.31. The zero-order valence-electron chi connectivity index (χ0n) is 44.9. The van der Waals surface area contributed by atoms with E-state index >= 15 is 4.39 Å². The Hall–Kier alpha value is -1.17. The molecule has 0 bridgehead atoms. The van der Waals surface area contributed by atoms with Gasteiger partial charge in [0.15, 0.2) is 0 Å². The van der Waals surface area contributed by atoms with Gasteiger partial charge in [0.05, 0.1) is 48.0 Å². The molecule has 2 aliphatic heterocycles. The van der Waals surface area contributed by atoms with E-state index in [9.17, 15) is 22.8 Å². The minimum absolute atomic E-state index is 0.0688. The van der Waals surface area contributed by atoms with E-state index in [1.807, 2.05) is 25.2 Å². The van der Waals surface area contributed by atoms with Crippen molar-refractivity contribution in [3.8, 4) is 22.5 Å². The first-order valence-electron chi connectivity index (χ1n) is 24.7.